The Hall–Kier alpha value is -0.460. The molecule has 4 nitrogen and oxygen atoms in total. The lowest BCUT2D eigenvalue weighted by atomic mass is 10.2. The molecule has 1 aromatic carbocycles. The van der Waals surface area contributed by atoms with Gasteiger partial charge in [-0.2, -0.15) is 0 Å². The van der Waals surface area contributed by atoms with Crippen molar-refractivity contribution in [2.45, 2.75) is 5.75 Å². The Kier molecular flexibility index (Phi) is 3.28. The summed E-state index contributed by atoms with van der Waals surface area (Å²) in [4.78, 5) is 0. The predicted molar refractivity (Wildman–Crippen MR) is 55.9 cm³/mol. The Morgan fingerprint density at radius 3 is 2.43 bits per heavy atom. The van der Waals surface area contributed by atoms with E-state index in [4.69, 9.17) is 15.8 Å². The van der Waals surface area contributed by atoms with Crippen LogP contribution in [0.5, 0.6) is 11.5 Å². The maximum atomic E-state index is 10.7. The van der Waals surface area contributed by atoms with E-state index >= 15 is 0 Å². The predicted octanol–water partition coefficient (Wildman–Crippen LogP) is 1.93. The summed E-state index contributed by atoms with van der Waals surface area (Å²) < 4.78 is 21.9. The molecule has 7 heteroatoms. The fraction of sp³-hybridized carbons (Fsp3) is 0.143. The lowest BCUT2D eigenvalue weighted by Gasteiger charge is -2.05. The molecule has 0 radical (unpaired) electrons. The van der Waals surface area contributed by atoms with Gasteiger partial charge in [0.25, 0.3) is 0 Å². The van der Waals surface area contributed by atoms with Crippen LogP contribution in [0.4, 0.5) is 0 Å². The van der Waals surface area contributed by atoms with Crippen molar-refractivity contribution in [1.29, 1.82) is 0 Å². The van der Waals surface area contributed by atoms with Gasteiger partial charge < -0.3 is 10.2 Å². The second-order valence-corrected chi connectivity index (χ2v) is 6.31. The van der Waals surface area contributed by atoms with Crippen LogP contribution in [-0.2, 0) is 14.8 Å². The highest BCUT2D eigenvalue weighted by molar-refractivity contribution is 9.10. The average Bonchev–Trinajstić information content (AvgIpc) is 1.96. The quantitative estimate of drug-likeness (QED) is 0.646. The van der Waals surface area contributed by atoms with E-state index in [0.29, 0.717) is 4.47 Å². The fourth-order valence-electron chi connectivity index (χ4n) is 0.936. The van der Waals surface area contributed by atoms with Gasteiger partial charge in [-0.3, -0.25) is 0 Å². The minimum Gasteiger partial charge on any atom is -0.504 e. The van der Waals surface area contributed by atoms with E-state index in [0.717, 1.165) is 0 Å². The molecule has 0 aliphatic heterocycles. The van der Waals surface area contributed by atoms with Gasteiger partial charge in [-0.05, 0) is 12.1 Å². The van der Waals surface area contributed by atoms with Crippen molar-refractivity contribution in [3.05, 3.63) is 22.2 Å². The SMILES string of the molecule is O=S(=O)(Cl)Cc1cc(Br)cc(O)c1O. The van der Waals surface area contributed by atoms with Gasteiger partial charge in [0.15, 0.2) is 11.5 Å². The Balaban J connectivity index is 3.22. The van der Waals surface area contributed by atoms with Crippen molar-refractivity contribution >= 4 is 35.7 Å². The van der Waals surface area contributed by atoms with E-state index in [9.17, 15) is 13.5 Å². The third kappa shape index (κ3) is 3.04. The maximum Gasteiger partial charge on any atom is 0.236 e. The minimum absolute atomic E-state index is 0.0480. The molecule has 0 aliphatic rings. The number of halogens is 2. The van der Waals surface area contributed by atoms with Crippen molar-refractivity contribution in [1.82, 2.24) is 0 Å². The van der Waals surface area contributed by atoms with Crippen LogP contribution in [0.25, 0.3) is 0 Å². The Morgan fingerprint density at radius 1 is 1.36 bits per heavy atom. The highest BCUT2D eigenvalue weighted by atomic mass is 79.9. The van der Waals surface area contributed by atoms with Crippen LogP contribution in [0.15, 0.2) is 16.6 Å². The summed E-state index contributed by atoms with van der Waals surface area (Å²) in [5.41, 5.74) is 0.0480. The summed E-state index contributed by atoms with van der Waals surface area (Å²) in [5.74, 6) is -1.40. The number of aromatic hydroxyl groups is 2. The number of phenolic OH excluding ortho intramolecular Hbond substituents is 2. The normalized spacial score (nSPS) is 11.6. The molecule has 1 aromatic rings. The summed E-state index contributed by atoms with van der Waals surface area (Å²) in [6.45, 7) is 0. The first-order valence-electron chi connectivity index (χ1n) is 3.42. The number of hydrogen-bond acceptors (Lipinski definition) is 4. The molecule has 0 heterocycles. The molecule has 2 N–H and O–H groups in total. The Bertz CT molecular complexity index is 457. The van der Waals surface area contributed by atoms with Gasteiger partial charge in [0.2, 0.25) is 9.05 Å². The summed E-state index contributed by atoms with van der Waals surface area (Å²) in [5, 5.41) is 18.5. The zero-order chi connectivity index (χ0) is 10.9. The zero-order valence-electron chi connectivity index (χ0n) is 6.74. The summed E-state index contributed by atoms with van der Waals surface area (Å²) >= 11 is 3.05. The molecule has 1 rings (SSSR count). The molecule has 0 fully saturated rings. The second kappa shape index (κ2) is 3.96. The van der Waals surface area contributed by atoms with Crippen molar-refractivity contribution in [2.24, 2.45) is 0 Å². The highest BCUT2D eigenvalue weighted by Crippen LogP contribution is 2.33. The largest absolute Gasteiger partial charge is 0.504 e. The van der Waals surface area contributed by atoms with E-state index in [2.05, 4.69) is 15.9 Å². The number of benzene rings is 1. The Morgan fingerprint density at radius 2 is 1.93 bits per heavy atom. The van der Waals surface area contributed by atoms with Gasteiger partial charge in [0, 0.05) is 20.7 Å². The van der Waals surface area contributed by atoms with Crippen LogP contribution < -0.4 is 0 Å². The molecule has 0 aromatic heterocycles. The van der Waals surface area contributed by atoms with Crippen molar-refractivity contribution in [3.8, 4) is 11.5 Å². The van der Waals surface area contributed by atoms with Gasteiger partial charge >= 0.3 is 0 Å². The molecule has 0 amide bonds. The first-order chi connectivity index (χ1) is 6.29. The third-order valence-corrected chi connectivity index (χ3v) is 2.90. The van der Waals surface area contributed by atoms with E-state index in [-0.39, 0.29) is 5.56 Å². The topological polar surface area (TPSA) is 74.6 Å². The standard InChI is InChI=1S/C7H6BrClO4S/c8-5-1-4(3-14(9,12)13)7(11)6(10)2-5/h1-2,10-11H,3H2. The molecular weight excluding hydrogens is 295 g/mol. The minimum atomic E-state index is -3.75. The van der Waals surface area contributed by atoms with Gasteiger partial charge in [-0.25, -0.2) is 8.42 Å². The van der Waals surface area contributed by atoms with Crippen LogP contribution in [0.1, 0.15) is 5.56 Å². The first kappa shape index (κ1) is 11.6. The first-order valence-corrected chi connectivity index (χ1v) is 6.69. The summed E-state index contributed by atoms with van der Waals surface area (Å²) in [7, 11) is 1.26. The van der Waals surface area contributed by atoms with Gasteiger partial charge in [-0.1, -0.05) is 15.9 Å². The van der Waals surface area contributed by atoms with Crippen LogP contribution >= 0.6 is 26.6 Å². The summed E-state index contributed by atoms with van der Waals surface area (Å²) in [6, 6.07) is 2.62. The van der Waals surface area contributed by atoms with Gasteiger partial charge in [-0.15, -0.1) is 0 Å². The lowest BCUT2D eigenvalue weighted by Crippen LogP contribution is -1.95. The van der Waals surface area contributed by atoms with E-state index in [1.54, 1.807) is 0 Å². The van der Waals surface area contributed by atoms with Crippen molar-refractivity contribution in [3.63, 3.8) is 0 Å². The van der Waals surface area contributed by atoms with Crippen LogP contribution in [0.2, 0.25) is 0 Å². The van der Waals surface area contributed by atoms with Crippen LogP contribution in [-0.4, -0.2) is 18.6 Å². The highest BCUT2D eigenvalue weighted by Gasteiger charge is 2.14. The molecule has 0 saturated heterocycles. The van der Waals surface area contributed by atoms with Gasteiger partial charge in [0.05, 0.1) is 5.75 Å². The monoisotopic (exact) mass is 300 g/mol. The molecule has 0 unspecified atom stereocenters. The zero-order valence-corrected chi connectivity index (χ0v) is 9.90. The molecule has 0 spiro atoms. The average molecular weight is 302 g/mol. The molecule has 78 valence electrons. The summed E-state index contributed by atoms with van der Waals surface area (Å²) in [6.07, 6.45) is 0. The van der Waals surface area contributed by atoms with Crippen LogP contribution in [0.3, 0.4) is 0 Å². The van der Waals surface area contributed by atoms with E-state index in [1.807, 2.05) is 0 Å². The second-order valence-electron chi connectivity index (χ2n) is 2.62. The number of hydrogen-bond donors (Lipinski definition) is 2. The third-order valence-electron chi connectivity index (χ3n) is 1.46. The fourth-order valence-corrected chi connectivity index (χ4v) is 2.37. The molecular formula is C7H6BrClO4S. The number of rotatable bonds is 2. The van der Waals surface area contributed by atoms with Crippen molar-refractivity contribution < 1.29 is 18.6 Å². The Labute approximate surface area is 93.7 Å². The maximum absolute atomic E-state index is 10.7. The van der Waals surface area contributed by atoms with Gasteiger partial charge in [0.1, 0.15) is 0 Å². The molecule has 0 atom stereocenters. The molecule has 14 heavy (non-hydrogen) atoms. The molecule has 0 saturated carbocycles. The smallest absolute Gasteiger partial charge is 0.236 e. The molecule has 0 bridgehead atoms. The van der Waals surface area contributed by atoms with E-state index in [1.165, 1.54) is 12.1 Å². The lowest BCUT2D eigenvalue weighted by molar-refractivity contribution is 0.400. The van der Waals surface area contributed by atoms with Crippen molar-refractivity contribution in [2.75, 3.05) is 0 Å². The molecule has 0 aliphatic carbocycles. The number of phenols is 2. The van der Waals surface area contributed by atoms with Crippen LogP contribution in [0, 0.1) is 0 Å². The van der Waals surface area contributed by atoms with E-state index < -0.39 is 26.3 Å².